The van der Waals surface area contributed by atoms with Crippen molar-refractivity contribution < 1.29 is 37.0 Å². The normalized spacial score (nSPS) is 33.3. The third-order valence-corrected chi connectivity index (χ3v) is 14.5. The summed E-state index contributed by atoms with van der Waals surface area (Å²) in [4.78, 5) is 41.7. The number of cyclic esters (lactones) is 1. The number of carbonyl (C=O) groups excluding carboxylic acids is 3. The fourth-order valence-electron chi connectivity index (χ4n) is 8.96. The van der Waals surface area contributed by atoms with E-state index in [4.69, 9.17) is 25.8 Å². The number of allylic oxidation sites excluding steroid dienone is 1. The highest BCUT2D eigenvalue weighted by Gasteiger charge is 2.50. The maximum absolute atomic E-state index is 13.6. The van der Waals surface area contributed by atoms with E-state index in [0.29, 0.717) is 43.3 Å². The van der Waals surface area contributed by atoms with E-state index in [2.05, 4.69) is 21.0 Å². The molecule has 7 atom stereocenters. The van der Waals surface area contributed by atoms with Gasteiger partial charge < -0.3 is 24.4 Å². The second-order valence-electron chi connectivity index (χ2n) is 15.4. The molecular formula is C39H48ClN3O8S. The highest BCUT2D eigenvalue weighted by atomic mass is 35.5. The molecule has 2 fully saturated rings. The van der Waals surface area contributed by atoms with Gasteiger partial charge in [-0.25, -0.2) is 17.9 Å². The van der Waals surface area contributed by atoms with Crippen LogP contribution < -0.4 is 19.7 Å². The van der Waals surface area contributed by atoms with Crippen molar-refractivity contribution in [3.63, 3.8) is 0 Å². The standard InChI is InChI=1S/C39H48ClN3O8S/c1-24-6-4-16-39(49-3,20-35(44)41-32-14-17-50-37(32)46)31-11-8-28(31)21-43-22-38(15-5-7-26-18-29(40)10-12-30(26)38)23-51-34-13-9-27(19-33(34)43)36(45)42-52(47,48)25(24)2/h4,9-10,12-13,16,18-19,24-25,28,31-32H,5-8,11,14-15,17,20-23H2,1-3H3,(H,41,44)(H,42,45)/b16-4+/t24-,25+,28-,31+,32-,38-,39+/m0/s1. The molecule has 2 bridgehead atoms. The van der Waals surface area contributed by atoms with E-state index >= 15 is 0 Å². The highest BCUT2D eigenvalue weighted by molar-refractivity contribution is 7.90. The lowest BCUT2D eigenvalue weighted by molar-refractivity contribution is -0.143. The van der Waals surface area contributed by atoms with Crippen molar-refractivity contribution in [1.29, 1.82) is 0 Å². The van der Waals surface area contributed by atoms with Crippen LogP contribution in [0.1, 0.15) is 80.3 Å². The Labute approximate surface area is 310 Å². The predicted octanol–water partition coefficient (Wildman–Crippen LogP) is 5.09. The van der Waals surface area contributed by atoms with Crippen LogP contribution in [0.3, 0.4) is 0 Å². The summed E-state index contributed by atoms with van der Waals surface area (Å²) in [6, 6.07) is 10.5. The number of ether oxygens (including phenoxy) is 3. The number of aryl methyl sites for hydroxylation is 1. The second-order valence-corrected chi connectivity index (χ2v) is 17.9. The van der Waals surface area contributed by atoms with Gasteiger partial charge in [0.1, 0.15) is 11.8 Å². The molecule has 13 heteroatoms. The molecule has 2 aromatic rings. The summed E-state index contributed by atoms with van der Waals surface area (Å²) in [7, 11) is -2.43. The van der Waals surface area contributed by atoms with Crippen LogP contribution in [-0.2, 0) is 40.9 Å². The zero-order valence-electron chi connectivity index (χ0n) is 30.0. The first-order chi connectivity index (χ1) is 24.8. The Hall–Kier alpha value is -3.61. The summed E-state index contributed by atoms with van der Waals surface area (Å²) in [6.45, 7) is 5.33. The van der Waals surface area contributed by atoms with Crippen molar-refractivity contribution in [2.24, 2.45) is 17.8 Å². The largest absolute Gasteiger partial charge is 0.490 e. The number of esters is 1. The average Bonchev–Trinajstić information content (AvgIpc) is 3.43. The maximum atomic E-state index is 13.6. The summed E-state index contributed by atoms with van der Waals surface area (Å²) in [5.41, 5.74) is 1.99. The Morgan fingerprint density at radius 1 is 1.12 bits per heavy atom. The summed E-state index contributed by atoms with van der Waals surface area (Å²) in [6.07, 6.45) is 9.13. The van der Waals surface area contributed by atoms with E-state index in [1.807, 2.05) is 31.2 Å². The Bertz CT molecular complexity index is 1890. The second kappa shape index (κ2) is 14.3. The Morgan fingerprint density at radius 2 is 1.94 bits per heavy atom. The Balaban J connectivity index is 1.30. The third-order valence-electron chi connectivity index (χ3n) is 12.3. The topological polar surface area (TPSA) is 140 Å². The van der Waals surface area contributed by atoms with Crippen molar-refractivity contribution >= 4 is 45.1 Å². The van der Waals surface area contributed by atoms with E-state index in [0.717, 1.165) is 37.8 Å². The van der Waals surface area contributed by atoms with Crippen LogP contribution in [-0.4, -0.2) is 76.5 Å². The number of nitrogens with one attached hydrogen (secondary N) is 2. The smallest absolute Gasteiger partial charge is 0.328 e. The van der Waals surface area contributed by atoms with E-state index < -0.39 is 38.8 Å². The molecule has 0 radical (unpaired) electrons. The van der Waals surface area contributed by atoms with Crippen molar-refractivity contribution in [1.82, 2.24) is 10.0 Å². The molecule has 3 aliphatic heterocycles. The SMILES string of the molecule is CO[C@@]1(CC(=O)N[C@H]2CCOC2=O)/C=C/C[C@H](C)[C@@H](C)S(=O)(=O)NC(=O)c2ccc3c(c2)N(C[C@@H]2CC[C@H]21)C[C@@]1(CCCc2cc(Cl)ccc21)CO3. The Kier molecular flexibility index (Phi) is 10.1. The summed E-state index contributed by atoms with van der Waals surface area (Å²) in [5, 5.41) is 2.67. The molecule has 5 aliphatic rings. The number of methoxy groups -OCH3 is 1. The van der Waals surface area contributed by atoms with Crippen LogP contribution >= 0.6 is 11.6 Å². The molecule has 1 saturated heterocycles. The van der Waals surface area contributed by atoms with Gasteiger partial charge in [0, 0.05) is 42.6 Å². The van der Waals surface area contributed by atoms with Crippen molar-refractivity contribution in [3.05, 3.63) is 70.3 Å². The van der Waals surface area contributed by atoms with Gasteiger partial charge in [0.15, 0.2) is 0 Å². The Morgan fingerprint density at radius 3 is 2.67 bits per heavy atom. The molecule has 280 valence electrons. The first-order valence-corrected chi connectivity index (χ1v) is 20.3. The average molecular weight is 754 g/mol. The first-order valence-electron chi connectivity index (χ1n) is 18.4. The monoisotopic (exact) mass is 753 g/mol. The molecule has 11 nitrogen and oxygen atoms in total. The minimum atomic E-state index is -4.05. The van der Waals surface area contributed by atoms with E-state index in [1.165, 1.54) is 11.1 Å². The zero-order chi connectivity index (χ0) is 36.8. The van der Waals surface area contributed by atoms with E-state index in [1.54, 1.807) is 32.2 Å². The number of amides is 2. The van der Waals surface area contributed by atoms with Crippen molar-refractivity contribution in [2.45, 2.75) is 87.5 Å². The van der Waals surface area contributed by atoms with Gasteiger partial charge in [-0.15, -0.1) is 0 Å². The van der Waals surface area contributed by atoms with Crippen molar-refractivity contribution in [3.8, 4) is 5.75 Å². The lowest BCUT2D eigenvalue weighted by atomic mass is 9.62. The number of hydrogen-bond acceptors (Lipinski definition) is 9. The molecule has 1 spiro atoms. The van der Waals surface area contributed by atoms with Gasteiger partial charge in [0.05, 0.1) is 36.2 Å². The quantitative estimate of drug-likeness (QED) is 0.323. The number of fused-ring (bicyclic) bond motifs is 4. The van der Waals surface area contributed by atoms with E-state index in [-0.39, 0.29) is 47.7 Å². The van der Waals surface area contributed by atoms with Crippen LogP contribution in [0, 0.1) is 17.8 Å². The third kappa shape index (κ3) is 6.94. The summed E-state index contributed by atoms with van der Waals surface area (Å²) in [5.74, 6) is -1.12. The highest BCUT2D eigenvalue weighted by Crippen LogP contribution is 2.50. The molecule has 0 unspecified atom stereocenters. The number of rotatable bonds is 4. The van der Waals surface area contributed by atoms with Gasteiger partial charge in [-0.05, 0) is 105 Å². The van der Waals surface area contributed by atoms with Gasteiger partial charge in [0.2, 0.25) is 15.9 Å². The number of anilines is 1. The lowest BCUT2D eigenvalue weighted by Gasteiger charge is -2.50. The van der Waals surface area contributed by atoms with Crippen LogP contribution in [0.5, 0.6) is 5.75 Å². The summed E-state index contributed by atoms with van der Waals surface area (Å²) < 4.78 is 47.4. The maximum Gasteiger partial charge on any atom is 0.328 e. The van der Waals surface area contributed by atoms with Gasteiger partial charge in [-0.1, -0.05) is 36.7 Å². The molecule has 2 aromatic carbocycles. The van der Waals surface area contributed by atoms with E-state index in [9.17, 15) is 22.8 Å². The molecule has 2 N–H and O–H groups in total. The van der Waals surface area contributed by atoms with Gasteiger partial charge in [-0.3, -0.25) is 9.59 Å². The number of benzene rings is 2. The molecular weight excluding hydrogens is 706 g/mol. The minimum absolute atomic E-state index is 0.00877. The van der Waals surface area contributed by atoms with Crippen LogP contribution in [0.4, 0.5) is 5.69 Å². The first kappa shape index (κ1) is 36.7. The summed E-state index contributed by atoms with van der Waals surface area (Å²) >= 11 is 6.46. The molecule has 52 heavy (non-hydrogen) atoms. The molecule has 1 saturated carbocycles. The van der Waals surface area contributed by atoms with Gasteiger partial charge >= 0.3 is 5.97 Å². The van der Waals surface area contributed by atoms with Crippen LogP contribution in [0.15, 0.2) is 48.6 Å². The zero-order valence-corrected chi connectivity index (χ0v) is 31.6. The lowest BCUT2D eigenvalue weighted by Crippen LogP contribution is -2.55. The molecule has 2 aliphatic carbocycles. The fourth-order valence-corrected chi connectivity index (χ4v) is 10.4. The van der Waals surface area contributed by atoms with Crippen LogP contribution in [0.2, 0.25) is 5.02 Å². The molecule has 2 amide bonds. The predicted molar refractivity (Wildman–Crippen MR) is 197 cm³/mol. The number of hydrogen-bond donors (Lipinski definition) is 2. The number of halogens is 1. The number of nitrogens with zero attached hydrogens (tertiary/aromatic N) is 1. The van der Waals surface area contributed by atoms with Crippen molar-refractivity contribution in [2.75, 3.05) is 38.3 Å². The number of carbonyl (C=O) groups is 3. The molecule has 0 aromatic heterocycles. The van der Waals surface area contributed by atoms with Gasteiger partial charge in [-0.2, -0.15) is 0 Å². The molecule has 7 rings (SSSR count). The van der Waals surface area contributed by atoms with Crippen LogP contribution in [0.25, 0.3) is 0 Å². The van der Waals surface area contributed by atoms with Gasteiger partial charge in [0.25, 0.3) is 5.91 Å². The minimum Gasteiger partial charge on any atom is -0.490 e. The fraction of sp³-hybridized carbons (Fsp3) is 0.564. The number of sulfonamides is 1. The molecule has 3 heterocycles.